The quantitative estimate of drug-likeness (QED) is 0.570. The van der Waals surface area contributed by atoms with E-state index in [0.717, 1.165) is 0 Å². The van der Waals surface area contributed by atoms with Gasteiger partial charge in [0.25, 0.3) is 0 Å². The van der Waals surface area contributed by atoms with Crippen molar-refractivity contribution in [2.75, 3.05) is 0 Å². The van der Waals surface area contributed by atoms with Crippen LogP contribution in [0.2, 0.25) is 0 Å². The number of hydrogen-bond acceptors (Lipinski definition) is 6. The molecule has 1 aliphatic carbocycles. The highest BCUT2D eigenvalue weighted by atomic mass is 16.6. The third-order valence-corrected chi connectivity index (χ3v) is 2.90. The molecule has 1 rings (SSSR count). The van der Waals surface area contributed by atoms with Crippen molar-refractivity contribution in [2.24, 2.45) is 0 Å². The van der Waals surface area contributed by atoms with E-state index in [1.54, 1.807) is 6.92 Å². The molecule has 1 fully saturated rings. The van der Waals surface area contributed by atoms with Gasteiger partial charge in [0.2, 0.25) is 0 Å². The Bertz CT molecular complexity index is 351. The molecule has 2 atom stereocenters. The van der Waals surface area contributed by atoms with Crippen molar-refractivity contribution in [1.29, 1.82) is 0 Å². The minimum atomic E-state index is -0.787. The van der Waals surface area contributed by atoms with Crippen LogP contribution in [-0.4, -0.2) is 35.7 Å². The number of ether oxygens (including phenoxy) is 3. The van der Waals surface area contributed by atoms with E-state index in [1.165, 1.54) is 20.8 Å². The van der Waals surface area contributed by atoms with E-state index < -0.39 is 35.7 Å². The highest BCUT2D eigenvalue weighted by molar-refractivity contribution is 5.67. The smallest absolute Gasteiger partial charge is 0.303 e. The van der Waals surface area contributed by atoms with Gasteiger partial charge in [0.05, 0.1) is 0 Å². The number of hydrogen-bond donors (Lipinski definition) is 0. The molecule has 0 aliphatic heterocycles. The molecule has 1 saturated carbocycles. The molecule has 19 heavy (non-hydrogen) atoms. The molecule has 108 valence electrons. The fourth-order valence-electron chi connectivity index (χ4n) is 2.59. The number of carbonyl (C=O) groups is 3. The van der Waals surface area contributed by atoms with Crippen LogP contribution in [0.4, 0.5) is 0 Å². The van der Waals surface area contributed by atoms with Gasteiger partial charge in [-0.15, -0.1) is 0 Å². The third kappa shape index (κ3) is 5.28. The molecule has 0 aromatic heterocycles. The molecule has 6 nitrogen and oxygen atoms in total. The van der Waals surface area contributed by atoms with Gasteiger partial charge < -0.3 is 14.2 Å². The van der Waals surface area contributed by atoms with E-state index in [4.69, 9.17) is 14.2 Å². The van der Waals surface area contributed by atoms with Gasteiger partial charge in [0.15, 0.2) is 0 Å². The predicted octanol–water partition coefficient (Wildman–Crippen LogP) is 1.36. The Morgan fingerprint density at radius 2 is 1.32 bits per heavy atom. The Kier molecular flexibility index (Phi) is 4.91. The fraction of sp³-hybridized carbons (Fsp3) is 0.769. The van der Waals surface area contributed by atoms with Crippen LogP contribution < -0.4 is 0 Å². The molecule has 0 saturated heterocycles. The molecule has 6 heteroatoms. The first-order valence-electron chi connectivity index (χ1n) is 6.24. The van der Waals surface area contributed by atoms with Gasteiger partial charge in [-0.2, -0.15) is 0 Å². The molecule has 0 N–H and O–H groups in total. The van der Waals surface area contributed by atoms with Crippen molar-refractivity contribution >= 4 is 17.9 Å². The Hall–Kier alpha value is -1.59. The van der Waals surface area contributed by atoms with Crippen molar-refractivity contribution in [1.82, 2.24) is 0 Å². The Morgan fingerprint density at radius 3 is 1.63 bits per heavy atom. The summed E-state index contributed by atoms with van der Waals surface area (Å²) in [6.07, 6.45) is 0.407. The Morgan fingerprint density at radius 1 is 0.895 bits per heavy atom. The van der Waals surface area contributed by atoms with Crippen molar-refractivity contribution in [2.45, 2.75) is 64.8 Å². The van der Waals surface area contributed by atoms with Gasteiger partial charge in [-0.05, 0) is 6.92 Å². The van der Waals surface area contributed by atoms with E-state index in [2.05, 4.69) is 0 Å². The summed E-state index contributed by atoms with van der Waals surface area (Å²) in [5.41, 5.74) is -0.787. The lowest BCUT2D eigenvalue weighted by molar-refractivity contribution is -0.179. The second-order valence-electron chi connectivity index (χ2n) is 5.15. The van der Waals surface area contributed by atoms with Crippen LogP contribution in [-0.2, 0) is 28.6 Å². The summed E-state index contributed by atoms with van der Waals surface area (Å²) < 4.78 is 15.6. The lowest BCUT2D eigenvalue weighted by Gasteiger charge is -2.40. The first-order chi connectivity index (χ1) is 8.70. The van der Waals surface area contributed by atoms with Crippen LogP contribution in [0.25, 0.3) is 0 Å². The number of rotatable bonds is 3. The second kappa shape index (κ2) is 6.04. The van der Waals surface area contributed by atoms with E-state index in [1.807, 2.05) is 0 Å². The molecule has 0 aromatic rings. The van der Waals surface area contributed by atoms with Gasteiger partial charge in [0, 0.05) is 40.0 Å². The predicted molar refractivity (Wildman–Crippen MR) is 65.1 cm³/mol. The van der Waals surface area contributed by atoms with Crippen molar-refractivity contribution in [3.63, 3.8) is 0 Å². The average Bonchev–Trinajstić information content (AvgIpc) is 2.10. The first-order valence-corrected chi connectivity index (χ1v) is 6.24. The van der Waals surface area contributed by atoms with Crippen molar-refractivity contribution in [3.05, 3.63) is 0 Å². The maximum atomic E-state index is 11.1. The van der Waals surface area contributed by atoms with Crippen LogP contribution >= 0.6 is 0 Å². The van der Waals surface area contributed by atoms with Gasteiger partial charge in [0.1, 0.15) is 17.8 Å². The maximum Gasteiger partial charge on any atom is 0.303 e. The van der Waals surface area contributed by atoms with Gasteiger partial charge in [-0.3, -0.25) is 14.4 Å². The number of carbonyl (C=O) groups excluding carboxylic acids is 3. The summed E-state index contributed by atoms with van der Waals surface area (Å²) in [5, 5.41) is 0. The zero-order valence-corrected chi connectivity index (χ0v) is 11.7. The Labute approximate surface area is 112 Å². The fourth-order valence-corrected chi connectivity index (χ4v) is 2.59. The van der Waals surface area contributed by atoms with Gasteiger partial charge in [-0.25, -0.2) is 0 Å². The van der Waals surface area contributed by atoms with Crippen LogP contribution in [0.5, 0.6) is 0 Å². The SMILES string of the molecule is CC(=O)OC1CC(OC(C)=O)CC(C)(OC(C)=O)C1. The van der Waals surface area contributed by atoms with Gasteiger partial charge >= 0.3 is 17.9 Å². The standard InChI is InChI=1S/C13H20O6/c1-8(14)17-11-5-12(18-9(2)15)7-13(4,6-11)19-10(3)16/h11-12H,5-7H2,1-4H3. The van der Waals surface area contributed by atoms with Crippen molar-refractivity contribution < 1.29 is 28.6 Å². The maximum absolute atomic E-state index is 11.1. The van der Waals surface area contributed by atoms with Crippen molar-refractivity contribution in [3.8, 4) is 0 Å². The average molecular weight is 272 g/mol. The minimum absolute atomic E-state index is 0.404. The van der Waals surface area contributed by atoms with Crippen LogP contribution in [0, 0.1) is 0 Å². The topological polar surface area (TPSA) is 78.9 Å². The molecule has 0 spiro atoms. The van der Waals surface area contributed by atoms with E-state index >= 15 is 0 Å². The summed E-state index contributed by atoms with van der Waals surface area (Å²) in [4.78, 5) is 33.2. The molecule has 0 aromatic carbocycles. The molecule has 0 radical (unpaired) electrons. The molecule has 0 amide bonds. The van der Waals surface area contributed by atoms with Crippen LogP contribution in [0.1, 0.15) is 47.0 Å². The molecule has 0 bridgehead atoms. The molecular weight excluding hydrogens is 252 g/mol. The zero-order chi connectivity index (χ0) is 14.6. The second-order valence-corrected chi connectivity index (χ2v) is 5.15. The minimum Gasteiger partial charge on any atom is -0.462 e. The summed E-state index contributed by atoms with van der Waals surface area (Å²) in [6.45, 7) is 5.71. The molecule has 1 aliphatic rings. The number of esters is 3. The Balaban J connectivity index is 2.78. The normalized spacial score (nSPS) is 30.3. The summed E-state index contributed by atoms with van der Waals surface area (Å²) >= 11 is 0. The lowest BCUT2D eigenvalue weighted by Crippen LogP contribution is -2.46. The third-order valence-electron chi connectivity index (χ3n) is 2.90. The van der Waals surface area contributed by atoms with E-state index in [9.17, 15) is 14.4 Å². The van der Waals surface area contributed by atoms with E-state index in [-0.39, 0.29) is 0 Å². The highest BCUT2D eigenvalue weighted by Gasteiger charge is 2.42. The lowest BCUT2D eigenvalue weighted by atomic mass is 9.82. The summed E-state index contributed by atoms with van der Waals surface area (Å²) in [6, 6.07) is 0. The summed E-state index contributed by atoms with van der Waals surface area (Å²) in [7, 11) is 0. The van der Waals surface area contributed by atoms with Crippen LogP contribution in [0.15, 0.2) is 0 Å². The molecule has 0 heterocycles. The molecule has 2 unspecified atom stereocenters. The molecular formula is C13H20O6. The van der Waals surface area contributed by atoms with Crippen LogP contribution in [0.3, 0.4) is 0 Å². The summed E-state index contributed by atoms with van der Waals surface area (Å²) in [5.74, 6) is -1.22. The largest absolute Gasteiger partial charge is 0.462 e. The highest BCUT2D eigenvalue weighted by Crippen LogP contribution is 2.35. The monoisotopic (exact) mass is 272 g/mol. The first kappa shape index (κ1) is 15.5. The van der Waals surface area contributed by atoms with Gasteiger partial charge in [-0.1, -0.05) is 0 Å². The van der Waals surface area contributed by atoms with E-state index in [0.29, 0.717) is 19.3 Å². The zero-order valence-electron chi connectivity index (χ0n) is 11.7.